The first kappa shape index (κ1) is 22.5. The Labute approximate surface area is 171 Å². The molecule has 0 radical (unpaired) electrons. The van der Waals surface area contributed by atoms with Crippen molar-refractivity contribution in [1.29, 1.82) is 0 Å². The minimum absolute atomic E-state index is 0.0612. The fourth-order valence-electron chi connectivity index (χ4n) is 4.22. The van der Waals surface area contributed by atoms with Crippen molar-refractivity contribution in [3.63, 3.8) is 0 Å². The Kier molecular flexibility index (Phi) is 7.70. The van der Waals surface area contributed by atoms with Crippen molar-refractivity contribution < 1.29 is 5.11 Å². The van der Waals surface area contributed by atoms with Gasteiger partial charge in [0.15, 0.2) is 0 Å². The Balaban J connectivity index is 2.47. The maximum Gasteiger partial charge on any atom is 0.109 e. The molecule has 0 aliphatic heterocycles. The average Bonchev–Trinajstić information content (AvgIpc) is 3.26. The van der Waals surface area contributed by atoms with Crippen molar-refractivity contribution in [3.8, 4) is 0 Å². The molecule has 0 amide bonds. The molecule has 0 heterocycles. The van der Waals surface area contributed by atoms with Gasteiger partial charge in [-0.15, -0.1) is 0 Å². The van der Waals surface area contributed by atoms with Gasteiger partial charge in [0.1, 0.15) is 5.36 Å². The summed E-state index contributed by atoms with van der Waals surface area (Å²) in [5, 5.41) is 11.1. The van der Waals surface area contributed by atoms with E-state index in [1.807, 2.05) is 18.2 Å². The van der Waals surface area contributed by atoms with Gasteiger partial charge in [0.05, 0.1) is 24.0 Å². The Morgan fingerprint density at radius 2 is 1.18 bits per heavy atom. The molecule has 0 unspecified atom stereocenters. The minimum Gasteiger partial charge on any atom is -0.394 e. The van der Waals surface area contributed by atoms with Crippen molar-refractivity contribution in [2.45, 2.75) is 92.0 Å². The average molecular weight is 386 g/mol. The van der Waals surface area contributed by atoms with Crippen LogP contribution in [0.1, 0.15) is 61.0 Å². The van der Waals surface area contributed by atoms with Crippen LogP contribution in [-0.2, 0) is 6.42 Å². The highest BCUT2D eigenvalue weighted by Gasteiger charge is 2.35. The summed E-state index contributed by atoms with van der Waals surface area (Å²) < 4.78 is 0. The summed E-state index contributed by atoms with van der Waals surface area (Å²) in [5.74, 6) is 0. The second-order valence-corrected chi connectivity index (χ2v) is 8.89. The number of rotatable bonds is 10. The third-order valence-electron chi connectivity index (χ3n) is 5.19. The number of aliphatic hydroxyl groups excluding tert-OH is 1. The van der Waals surface area contributed by atoms with Crippen molar-refractivity contribution in [2.24, 2.45) is 4.99 Å². The van der Waals surface area contributed by atoms with Gasteiger partial charge in [-0.25, -0.2) is 0 Å². The zero-order valence-corrected chi connectivity index (χ0v) is 19.0. The number of nitrogens with zero attached hydrogens (tertiary/aromatic N) is 3. The van der Waals surface area contributed by atoms with Crippen LogP contribution in [-0.4, -0.2) is 41.9 Å². The van der Waals surface area contributed by atoms with E-state index in [1.54, 1.807) is 0 Å². The van der Waals surface area contributed by atoms with Crippen molar-refractivity contribution in [2.75, 3.05) is 16.4 Å². The van der Waals surface area contributed by atoms with Gasteiger partial charge in [0.25, 0.3) is 0 Å². The van der Waals surface area contributed by atoms with Gasteiger partial charge in [-0.2, -0.15) is 0 Å². The van der Waals surface area contributed by atoms with E-state index in [0.717, 1.165) is 11.8 Å². The fraction of sp³-hybridized carbons (Fsp3) is 0.625. The molecule has 4 heteroatoms. The lowest BCUT2D eigenvalue weighted by Crippen LogP contribution is -2.38. The van der Waals surface area contributed by atoms with Crippen molar-refractivity contribution in [1.82, 2.24) is 0 Å². The first-order chi connectivity index (χ1) is 13.2. The topological polar surface area (TPSA) is 39.1 Å². The molecule has 2 rings (SSSR count). The predicted molar refractivity (Wildman–Crippen MR) is 121 cm³/mol. The monoisotopic (exact) mass is 385 g/mol. The number of hydrogen-bond acceptors (Lipinski definition) is 4. The summed E-state index contributed by atoms with van der Waals surface area (Å²) in [4.78, 5) is 9.97. The summed E-state index contributed by atoms with van der Waals surface area (Å²) in [5.41, 5.74) is 3.74. The Morgan fingerprint density at radius 1 is 0.750 bits per heavy atom. The third-order valence-corrected chi connectivity index (χ3v) is 5.19. The Morgan fingerprint density at radius 3 is 1.54 bits per heavy atom. The molecule has 1 atom stereocenters. The largest absolute Gasteiger partial charge is 0.394 e. The highest BCUT2D eigenvalue weighted by atomic mass is 16.3. The van der Waals surface area contributed by atoms with E-state index in [2.05, 4.69) is 77.3 Å². The number of hydrogen-bond donors (Lipinski definition) is 1. The fourth-order valence-corrected chi connectivity index (χ4v) is 4.22. The normalized spacial score (nSPS) is 13.2. The first-order valence-corrected chi connectivity index (χ1v) is 10.7. The van der Waals surface area contributed by atoms with E-state index >= 15 is 0 Å². The smallest absolute Gasteiger partial charge is 0.109 e. The molecule has 156 valence electrons. The van der Waals surface area contributed by atoms with Crippen molar-refractivity contribution >= 4 is 11.4 Å². The molecule has 0 aliphatic carbocycles. The van der Waals surface area contributed by atoms with Crippen LogP contribution < -0.4 is 15.2 Å². The molecule has 0 fully saturated rings. The van der Waals surface area contributed by atoms with Crippen LogP contribution in [0.15, 0.2) is 35.3 Å². The molecule has 2 aromatic rings. The van der Waals surface area contributed by atoms with Gasteiger partial charge in [-0.05, 0) is 67.4 Å². The molecule has 1 N–H and O–H groups in total. The van der Waals surface area contributed by atoms with Crippen molar-refractivity contribution in [3.05, 3.63) is 41.3 Å². The van der Waals surface area contributed by atoms with E-state index in [-0.39, 0.29) is 12.6 Å². The number of aliphatic hydroxyl groups is 1. The quantitative estimate of drug-likeness (QED) is 0.662. The standard InChI is InChI=1S/C24H39N3O/c1-16(2)26(17(3)4)23-22(24(23)27(18(5)6)19(7)8)25-21(15-28)14-20-12-10-9-11-13-20/h9-13,16-19,21,28H,14-15H2,1-8H3/t21-/m0/s1. The minimum atomic E-state index is -0.118. The highest BCUT2D eigenvalue weighted by molar-refractivity contribution is 5.86. The molecule has 0 bridgehead atoms. The zero-order chi connectivity index (χ0) is 21.0. The van der Waals surface area contributed by atoms with Crippen LogP contribution in [0.5, 0.6) is 0 Å². The maximum absolute atomic E-state index is 10.00. The van der Waals surface area contributed by atoms with Crippen LogP contribution in [0, 0.1) is 0 Å². The highest BCUT2D eigenvalue weighted by Crippen LogP contribution is 2.38. The summed E-state index contributed by atoms with van der Waals surface area (Å²) in [7, 11) is 0. The Hall–Kier alpha value is -1.81. The van der Waals surface area contributed by atoms with Gasteiger partial charge < -0.3 is 14.9 Å². The van der Waals surface area contributed by atoms with E-state index in [4.69, 9.17) is 4.99 Å². The summed E-state index contributed by atoms with van der Waals surface area (Å²) in [6, 6.07) is 11.8. The van der Waals surface area contributed by atoms with E-state index in [0.29, 0.717) is 24.2 Å². The molecular formula is C24H39N3O. The molecule has 0 saturated heterocycles. The number of anilines is 2. The molecule has 0 aliphatic rings. The summed E-state index contributed by atoms with van der Waals surface area (Å²) in [6.07, 6.45) is 0.758. The van der Waals surface area contributed by atoms with Gasteiger partial charge >= 0.3 is 0 Å². The van der Waals surface area contributed by atoms with E-state index in [9.17, 15) is 5.11 Å². The third kappa shape index (κ3) is 5.16. The first-order valence-electron chi connectivity index (χ1n) is 10.7. The van der Waals surface area contributed by atoms with Crippen LogP contribution in [0.2, 0.25) is 0 Å². The summed E-state index contributed by atoms with van der Waals surface area (Å²) in [6.45, 7) is 18.0. The lowest BCUT2D eigenvalue weighted by atomic mass is 10.1. The molecule has 0 spiro atoms. The molecule has 0 saturated carbocycles. The second kappa shape index (κ2) is 9.60. The SMILES string of the molecule is CC(C)N(c1c(N(C(C)C)C(C)C)c1=N[C@H](CO)Cc1ccccc1)C(C)C. The molecule has 2 aromatic carbocycles. The number of benzene rings is 1. The Bertz CT molecular complexity index is 688. The van der Waals surface area contributed by atoms with Crippen LogP contribution >= 0.6 is 0 Å². The summed E-state index contributed by atoms with van der Waals surface area (Å²) >= 11 is 0. The lowest BCUT2D eigenvalue weighted by Gasteiger charge is -2.33. The van der Waals surface area contributed by atoms with E-state index < -0.39 is 0 Å². The van der Waals surface area contributed by atoms with Crippen LogP contribution in [0.25, 0.3) is 0 Å². The van der Waals surface area contributed by atoms with Crippen LogP contribution in [0.4, 0.5) is 11.4 Å². The molecule has 4 nitrogen and oxygen atoms in total. The predicted octanol–water partition coefficient (Wildman–Crippen LogP) is 4.31. The van der Waals surface area contributed by atoms with Gasteiger partial charge in [0, 0.05) is 24.2 Å². The molecular weight excluding hydrogens is 346 g/mol. The molecule has 28 heavy (non-hydrogen) atoms. The van der Waals surface area contributed by atoms with Gasteiger partial charge in [0.2, 0.25) is 0 Å². The maximum atomic E-state index is 10.00. The lowest BCUT2D eigenvalue weighted by molar-refractivity contribution is 0.264. The van der Waals surface area contributed by atoms with Gasteiger partial charge in [-0.3, -0.25) is 4.99 Å². The van der Waals surface area contributed by atoms with Crippen LogP contribution in [0.3, 0.4) is 0 Å². The zero-order valence-electron chi connectivity index (χ0n) is 19.0. The van der Waals surface area contributed by atoms with E-state index in [1.165, 1.54) is 16.9 Å². The van der Waals surface area contributed by atoms with Gasteiger partial charge in [-0.1, -0.05) is 30.3 Å². The molecule has 0 aromatic heterocycles. The second-order valence-electron chi connectivity index (χ2n) is 8.89.